The zero-order valence-corrected chi connectivity index (χ0v) is 10.2. The molecule has 0 saturated carbocycles. The molecule has 0 aliphatic rings. The topological polar surface area (TPSA) is 26.0 Å². The highest BCUT2D eigenvalue weighted by atomic mass is 14.7. The van der Waals surface area contributed by atoms with E-state index in [1.54, 1.807) is 0 Å². The van der Waals surface area contributed by atoms with Crippen molar-refractivity contribution in [3.8, 4) is 0 Å². The fraction of sp³-hybridized carbons (Fsp3) is 1.00. The van der Waals surface area contributed by atoms with Gasteiger partial charge in [-0.1, -0.05) is 48.0 Å². The van der Waals surface area contributed by atoms with Gasteiger partial charge in [0, 0.05) is 6.04 Å². The van der Waals surface area contributed by atoms with Crippen molar-refractivity contribution >= 4 is 0 Å². The lowest BCUT2D eigenvalue weighted by Gasteiger charge is -2.31. The smallest absolute Gasteiger partial charge is 0.00902 e. The van der Waals surface area contributed by atoms with E-state index < -0.39 is 0 Å². The van der Waals surface area contributed by atoms with Crippen molar-refractivity contribution in [3.63, 3.8) is 0 Å². The van der Waals surface area contributed by atoms with Gasteiger partial charge < -0.3 is 5.73 Å². The Labute approximate surface area is 84.1 Å². The normalized spacial score (nSPS) is 19.6. The molecule has 2 N–H and O–H groups in total. The van der Waals surface area contributed by atoms with E-state index in [2.05, 4.69) is 41.5 Å². The monoisotopic (exact) mass is 185 g/mol. The molecule has 0 saturated heterocycles. The minimum absolute atomic E-state index is 0.252. The van der Waals surface area contributed by atoms with Crippen LogP contribution in [0.15, 0.2) is 0 Å². The Bertz CT molecular complexity index is 135. The molecule has 13 heavy (non-hydrogen) atoms. The first-order chi connectivity index (χ1) is 5.79. The molecule has 80 valence electrons. The average Bonchev–Trinajstić information content (AvgIpc) is 2.01. The molecule has 3 unspecified atom stereocenters. The van der Waals surface area contributed by atoms with Gasteiger partial charge in [0.05, 0.1) is 0 Å². The summed E-state index contributed by atoms with van der Waals surface area (Å²) in [6.07, 6.45) is 2.41. The fourth-order valence-corrected chi connectivity index (χ4v) is 1.39. The van der Waals surface area contributed by atoms with E-state index in [0.717, 1.165) is 18.3 Å². The summed E-state index contributed by atoms with van der Waals surface area (Å²) in [5.74, 6) is 1.55. The van der Waals surface area contributed by atoms with Gasteiger partial charge in [0.25, 0.3) is 0 Å². The molecule has 0 aromatic heterocycles. The molecule has 0 rings (SSSR count). The van der Waals surface area contributed by atoms with E-state index in [9.17, 15) is 0 Å². The molecule has 0 spiro atoms. The van der Waals surface area contributed by atoms with Crippen LogP contribution in [0.1, 0.15) is 54.4 Å². The Morgan fingerprint density at radius 3 is 1.85 bits per heavy atom. The van der Waals surface area contributed by atoms with Crippen molar-refractivity contribution in [2.45, 2.75) is 60.4 Å². The largest absolute Gasteiger partial charge is 0.327 e. The summed E-state index contributed by atoms with van der Waals surface area (Å²) < 4.78 is 0. The quantitative estimate of drug-likeness (QED) is 0.713. The second kappa shape index (κ2) is 4.99. The van der Waals surface area contributed by atoms with Gasteiger partial charge in [-0.3, -0.25) is 0 Å². The highest BCUT2D eigenvalue weighted by Gasteiger charge is 2.23. The Morgan fingerprint density at radius 2 is 1.54 bits per heavy atom. The highest BCUT2D eigenvalue weighted by Crippen LogP contribution is 2.26. The van der Waals surface area contributed by atoms with Crippen LogP contribution in [0.2, 0.25) is 0 Å². The first-order valence-electron chi connectivity index (χ1n) is 5.54. The third-order valence-corrected chi connectivity index (χ3v) is 3.35. The predicted octanol–water partition coefficient (Wildman–Crippen LogP) is 3.43. The van der Waals surface area contributed by atoms with Crippen LogP contribution in [0.4, 0.5) is 0 Å². The van der Waals surface area contributed by atoms with Gasteiger partial charge >= 0.3 is 0 Å². The van der Waals surface area contributed by atoms with Crippen molar-refractivity contribution in [2.24, 2.45) is 23.0 Å². The van der Waals surface area contributed by atoms with Crippen molar-refractivity contribution in [1.29, 1.82) is 0 Å². The molecule has 3 atom stereocenters. The lowest BCUT2D eigenvalue weighted by atomic mass is 9.79. The SMILES string of the molecule is CCC(C)C(C)CC(N)C(C)(C)C. The predicted molar refractivity (Wildman–Crippen MR) is 60.7 cm³/mol. The van der Waals surface area contributed by atoms with E-state index in [-0.39, 0.29) is 5.41 Å². The van der Waals surface area contributed by atoms with Crippen molar-refractivity contribution < 1.29 is 0 Å². The third kappa shape index (κ3) is 4.66. The van der Waals surface area contributed by atoms with Gasteiger partial charge in [0.15, 0.2) is 0 Å². The van der Waals surface area contributed by atoms with Crippen LogP contribution < -0.4 is 5.73 Å². The summed E-state index contributed by atoms with van der Waals surface area (Å²) in [6, 6.07) is 0.330. The minimum Gasteiger partial charge on any atom is -0.327 e. The maximum absolute atomic E-state index is 6.14. The van der Waals surface area contributed by atoms with Gasteiger partial charge in [-0.05, 0) is 23.7 Å². The minimum atomic E-state index is 0.252. The second-order valence-corrected chi connectivity index (χ2v) is 5.57. The maximum atomic E-state index is 6.14. The summed E-state index contributed by atoms with van der Waals surface area (Å²) in [5.41, 5.74) is 6.40. The van der Waals surface area contributed by atoms with Gasteiger partial charge in [0.1, 0.15) is 0 Å². The average molecular weight is 185 g/mol. The highest BCUT2D eigenvalue weighted by molar-refractivity contribution is 4.79. The summed E-state index contributed by atoms with van der Waals surface area (Å²) in [4.78, 5) is 0. The molecule has 0 aliphatic heterocycles. The Morgan fingerprint density at radius 1 is 1.08 bits per heavy atom. The molecule has 1 heteroatoms. The lowest BCUT2D eigenvalue weighted by Crippen LogP contribution is -2.37. The van der Waals surface area contributed by atoms with Crippen molar-refractivity contribution in [2.75, 3.05) is 0 Å². The molecule has 0 aromatic rings. The summed E-state index contributed by atoms with van der Waals surface area (Å²) >= 11 is 0. The summed E-state index contributed by atoms with van der Waals surface area (Å²) in [7, 11) is 0. The number of hydrogen-bond donors (Lipinski definition) is 1. The van der Waals surface area contributed by atoms with Gasteiger partial charge in [-0.2, -0.15) is 0 Å². The lowest BCUT2D eigenvalue weighted by molar-refractivity contribution is 0.240. The van der Waals surface area contributed by atoms with Crippen LogP contribution in [0.5, 0.6) is 0 Å². The first-order valence-corrected chi connectivity index (χ1v) is 5.54. The van der Waals surface area contributed by atoms with Crippen LogP contribution >= 0.6 is 0 Å². The Hall–Kier alpha value is -0.0400. The number of rotatable bonds is 4. The molecule has 0 aromatic carbocycles. The molecular weight excluding hydrogens is 158 g/mol. The van der Waals surface area contributed by atoms with E-state index in [1.165, 1.54) is 6.42 Å². The summed E-state index contributed by atoms with van der Waals surface area (Å²) in [5, 5.41) is 0. The zero-order chi connectivity index (χ0) is 10.6. The molecule has 0 fully saturated rings. The van der Waals surface area contributed by atoms with Crippen molar-refractivity contribution in [3.05, 3.63) is 0 Å². The maximum Gasteiger partial charge on any atom is 0.00902 e. The fourth-order valence-electron chi connectivity index (χ4n) is 1.39. The van der Waals surface area contributed by atoms with Crippen LogP contribution in [0.25, 0.3) is 0 Å². The molecule has 0 bridgehead atoms. The van der Waals surface area contributed by atoms with E-state index in [1.807, 2.05) is 0 Å². The molecular formula is C12H27N. The second-order valence-electron chi connectivity index (χ2n) is 5.57. The van der Waals surface area contributed by atoms with E-state index in [0.29, 0.717) is 6.04 Å². The zero-order valence-electron chi connectivity index (χ0n) is 10.2. The van der Waals surface area contributed by atoms with Crippen LogP contribution in [0.3, 0.4) is 0 Å². The van der Waals surface area contributed by atoms with Gasteiger partial charge in [0.2, 0.25) is 0 Å². The molecule has 0 aliphatic carbocycles. The van der Waals surface area contributed by atoms with Crippen molar-refractivity contribution in [1.82, 2.24) is 0 Å². The van der Waals surface area contributed by atoms with Gasteiger partial charge in [-0.15, -0.1) is 0 Å². The molecule has 0 heterocycles. The first kappa shape index (κ1) is 13.0. The Kier molecular flexibility index (Phi) is 4.98. The molecule has 0 radical (unpaired) electrons. The Balaban J connectivity index is 3.98. The van der Waals surface area contributed by atoms with Crippen LogP contribution in [-0.2, 0) is 0 Å². The summed E-state index contributed by atoms with van der Waals surface area (Å²) in [6.45, 7) is 13.6. The van der Waals surface area contributed by atoms with Crippen LogP contribution in [-0.4, -0.2) is 6.04 Å². The third-order valence-electron chi connectivity index (χ3n) is 3.35. The van der Waals surface area contributed by atoms with E-state index >= 15 is 0 Å². The van der Waals surface area contributed by atoms with Gasteiger partial charge in [-0.25, -0.2) is 0 Å². The molecule has 0 amide bonds. The molecule has 1 nitrogen and oxygen atoms in total. The van der Waals surface area contributed by atoms with Crippen LogP contribution in [0, 0.1) is 17.3 Å². The number of nitrogens with two attached hydrogens (primary N) is 1. The van der Waals surface area contributed by atoms with E-state index in [4.69, 9.17) is 5.73 Å². The number of hydrogen-bond acceptors (Lipinski definition) is 1. The standard InChI is InChI=1S/C12H27N/c1-7-9(2)10(3)8-11(13)12(4,5)6/h9-11H,7-8,13H2,1-6H3.